The Morgan fingerprint density at radius 2 is 2.04 bits per heavy atom. The summed E-state index contributed by atoms with van der Waals surface area (Å²) in [6.45, 7) is 3.84. The molecule has 1 atom stereocenters. The second-order valence-electron chi connectivity index (χ2n) is 6.51. The highest BCUT2D eigenvalue weighted by Gasteiger charge is 2.23. The van der Waals surface area contributed by atoms with Crippen molar-refractivity contribution in [3.8, 4) is 0 Å². The van der Waals surface area contributed by atoms with E-state index in [0.717, 1.165) is 32.3 Å². The summed E-state index contributed by atoms with van der Waals surface area (Å²) in [4.78, 5) is 26.0. The zero-order valence-electron chi connectivity index (χ0n) is 15.4. The van der Waals surface area contributed by atoms with Crippen LogP contribution in [0.2, 0.25) is 5.02 Å². The average molecular weight is 382 g/mol. The highest BCUT2D eigenvalue weighted by Crippen LogP contribution is 2.16. The first-order chi connectivity index (χ1) is 12.6. The minimum atomic E-state index is -0.265. The Hall–Kier alpha value is -1.59. The Bertz CT molecular complexity index is 570. The molecule has 6 heteroatoms. The van der Waals surface area contributed by atoms with Gasteiger partial charge in [0, 0.05) is 31.1 Å². The molecule has 5 nitrogen and oxygen atoms in total. The predicted octanol–water partition coefficient (Wildman–Crippen LogP) is 3.62. The molecular weight excluding hydrogens is 354 g/mol. The van der Waals surface area contributed by atoms with Crippen molar-refractivity contribution in [1.82, 2.24) is 4.90 Å². The van der Waals surface area contributed by atoms with E-state index in [1.165, 1.54) is 5.56 Å². The molecule has 1 fully saturated rings. The van der Waals surface area contributed by atoms with Crippen LogP contribution in [0.4, 0.5) is 0 Å². The lowest BCUT2D eigenvalue weighted by molar-refractivity contribution is -0.144. The van der Waals surface area contributed by atoms with Crippen molar-refractivity contribution in [1.29, 1.82) is 0 Å². The van der Waals surface area contributed by atoms with E-state index in [-0.39, 0.29) is 24.4 Å². The van der Waals surface area contributed by atoms with Gasteiger partial charge in [0.25, 0.3) is 0 Å². The van der Waals surface area contributed by atoms with Crippen LogP contribution in [0.15, 0.2) is 24.3 Å². The highest BCUT2D eigenvalue weighted by atomic mass is 35.5. The molecule has 1 aliphatic rings. The number of esters is 1. The zero-order valence-corrected chi connectivity index (χ0v) is 16.2. The van der Waals surface area contributed by atoms with Crippen LogP contribution in [-0.4, -0.2) is 49.2 Å². The molecule has 1 saturated heterocycles. The molecule has 1 heterocycles. The Kier molecular flexibility index (Phi) is 8.92. The van der Waals surface area contributed by atoms with E-state index < -0.39 is 0 Å². The molecule has 1 aliphatic heterocycles. The molecule has 0 N–H and O–H groups in total. The van der Waals surface area contributed by atoms with Gasteiger partial charge < -0.3 is 14.4 Å². The maximum atomic E-state index is 12.6. The van der Waals surface area contributed by atoms with E-state index >= 15 is 0 Å². The predicted molar refractivity (Wildman–Crippen MR) is 101 cm³/mol. The van der Waals surface area contributed by atoms with Crippen LogP contribution >= 0.6 is 11.6 Å². The van der Waals surface area contributed by atoms with Gasteiger partial charge in [0.2, 0.25) is 5.91 Å². The summed E-state index contributed by atoms with van der Waals surface area (Å²) >= 11 is 5.89. The van der Waals surface area contributed by atoms with Gasteiger partial charge in [-0.25, -0.2) is 0 Å². The summed E-state index contributed by atoms with van der Waals surface area (Å²) in [7, 11) is 0. The van der Waals surface area contributed by atoms with E-state index in [9.17, 15) is 9.59 Å². The van der Waals surface area contributed by atoms with Crippen LogP contribution in [0.5, 0.6) is 0 Å². The smallest absolute Gasteiger partial charge is 0.307 e. The fraction of sp³-hybridized carbons (Fsp3) is 0.600. The molecule has 144 valence electrons. The summed E-state index contributed by atoms with van der Waals surface area (Å²) in [5, 5.41) is 0.714. The minimum absolute atomic E-state index is 0.0683. The van der Waals surface area contributed by atoms with Gasteiger partial charge >= 0.3 is 5.97 Å². The number of rotatable bonds is 10. The lowest BCUT2D eigenvalue weighted by Crippen LogP contribution is -2.38. The van der Waals surface area contributed by atoms with Crippen LogP contribution in [-0.2, 0) is 25.5 Å². The van der Waals surface area contributed by atoms with E-state index in [1.54, 1.807) is 11.8 Å². The van der Waals surface area contributed by atoms with Gasteiger partial charge in [0.1, 0.15) is 0 Å². The van der Waals surface area contributed by atoms with Crippen LogP contribution in [0.3, 0.4) is 0 Å². The standard InChI is InChI=1S/C20H28ClNO4/c1-2-25-20(24)12-13-22(15-18-6-4-14-26-18)19(23)7-3-5-16-8-10-17(21)11-9-16/h8-11,18H,2-7,12-15H2,1H3. The Balaban J connectivity index is 1.82. The number of aryl methyl sites for hydroxylation is 1. The van der Waals surface area contributed by atoms with Crippen molar-refractivity contribution in [2.24, 2.45) is 0 Å². The lowest BCUT2D eigenvalue weighted by Gasteiger charge is -2.25. The first-order valence-corrected chi connectivity index (χ1v) is 9.75. The molecular formula is C20H28ClNO4. The second kappa shape index (κ2) is 11.2. The number of hydrogen-bond donors (Lipinski definition) is 0. The number of carbonyl (C=O) groups excluding carboxylic acids is 2. The minimum Gasteiger partial charge on any atom is -0.466 e. The largest absolute Gasteiger partial charge is 0.466 e. The number of nitrogens with zero attached hydrogens (tertiary/aromatic N) is 1. The quantitative estimate of drug-likeness (QED) is 0.581. The number of carbonyl (C=O) groups is 2. The van der Waals surface area contributed by atoms with E-state index in [1.807, 2.05) is 24.3 Å². The van der Waals surface area contributed by atoms with Crippen molar-refractivity contribution in [3.05, 3.63) is 34.9 Å². The number of halogens is 1. The number of ether oxygens (including phenoxy) is 2. The monoisotopic (exact) mass is 381 g/mol. The van der Waals surface area contributed by atoms with Gasteiger partial charge in [-0.1, -0.05) is 23.7 Å². The van der Waals surface area contributed by atoms with Crippen molar-refractivity contribution in [3.63, 3.8) is 0 Å². The zero-order chi connectivity index (χ0) is 18.8. The SMILES string of the molecule is CCOC(=O)CCN(CC1CCCO1)C(=O)CCCc1ccc(Cl)cc1. The number of benzene rings is 1. The molecule has 2 rings (SSSR count). The molecule has 1 amide bonds. The van der Waals surface area contributed by atoms with Crippen molar-refractivity contribution in [2.75, 3.05) is 26.3 Å². The third kappa shape index (κ3) is 7.34. The molecule has 0 radical (unpaired) electrons. The van der Waals surface area contributed by atoms with Crippen molar-refractivity contribution < 1.29 is 19.1 Å². The van der Waals surface area contributed by atoms with Crippen LogP contribution in [0.25, 0.3) is 0 Å². The molecule has 0 aliphatic carbocycles. The normalized spacial score (nSPS) is 16.5. The average Bonchev–Trinajstić information content (AvgIpc) is 3.13. The van der Waals surface area contributed by atoms with E-state index in [2.05, 4.69) is 0 Å². The molecule has 1 unspecified atom stereocenters. The maximum absolute atomic E-state index is 12.6. The highest BCUT2D eigenvalue weighted by molar-refractivity contribution is 6.30. The summed E-state index contributed by atoms with van der Waals surface area (Å²) in [6, 6.07) is 7.69. The van der Waals surface area contributed by atoms with E-state index in [0.29, 0.717) is 31.1 Å². The van der Waals surface area contributed by atoms with Gasteiger partial charge in [-0.05, 0) is 50.3 Å². The van der Waals surface area contributed by atoms with Gasteiger partial charge in [0.05, 0.1) is 19.1 Å². The molecule has 1 aromatic rings. The molecule has 26 heavy (non-hydrogen) atoms. The first-order valence-electron chi connectivity index (χ1n) is 9.38. The van der Waals surface area contributed by atoms with Crippen LogP contribution in [0, 0.1) is 0 Å². The summed E-state index contributed by atoms with van der Waals surface area (Å²) < 4.78 is 10.6. The van der Waals surface area contributed by atoms with Gasteiger partial charge in [-0.15, -0.1) is 0 Å². The summed E-state index contributed by atoms with van der Waals surface area (Å²) in [5.41, 5.74) is 1.17. The number of amides is 1. The third-order valence-electron chi connectivity index (χ3n) is 4.46. The van der Waals surface area contributed by atoms with Gasteiger partial charge in [0.15, 0.2) is 0 Å². The molecule has 0 aromatic heterocycles. The number of hydrogen-bond acceptors (Lipinski definition) is 4. The van der Waals surface area contributed by atoms with E-state index in [4.69, 9.17) is 21.1 Å². The lowest BCUT2D eigenvalue weighted by atomic mass is 10.1. The molecule has 0 bridgehead atoms. The van der Waals surface area contributed by atoms with Crippen molar-refractivity contribution in [2.45, 2.75) is 51.6 Å². The summed E-state index contributed by atoms with van der Waals surface area (Å²) in [5.74, 6) is -0.197. The van der Waals surface area contributed by atoms with Gasteiger partial charge in [-0.2, -0.15) is 0 Å². The Labute approximate surface area is 160 Å². The maximum Gasteiger partial charge on any atom is 0.307 e. The fourth-order valence-electron chi connectivity index (χ4n) is 3.06. The fourth-order valence-corrected chi connectivity index (χ4v) is 3.19. The first kappa shape index (κ1) is 20.7. The molecule has 1 aromatic carbocycles. The Morgan fingerprint density at radius 1 is 1.27 bits per heavy atom. The summed E-state index contributed by atoms with van der Waals surface area (Å²) in [6.07, 6.45) is 4.35. The second-order valence-corrected chi connectivity index (χ2v) is 6.95. The third-order valence-corrected chi connectivity index (χ3v) is 4.71. The van der Waals surface area contributed by atoms with Gasteiger partial charge in [-0.3, -0.25) is 9.59 Å². The molecule has 0 saturated carbocycles. The Morgan fingerprint density at radius 3 is 2.69 bits per heavy atom. The molecule has 0 spiro atoms. The van der Waals surface area contributed by atoms with Crippen LogP contribution < -0.4 is 0 Å². The van der Waals surface area contributed by atoms with Crippen molar-refractivity contribution >= 4 is 23.5 Å². The topological polar surface area (TPSA) is 55.8 Å². The van der Waals surface area contributed by atoms with Crippen LogP contribution in [0.1, 0.15) is 44.6 Å².